The number of nitrogens with one attached hydrogen (secondary N) is 2. The highest BCUT2D eigenvalue weighted by Crippen LogP contribution is 1.89. The third-order valence-electron chi connectivity index (χ3n) is 1.61. The highest BCUT2D eigenvalue weighted by atomic mass is 35.5. The molecule has 4 N–H and O–H groups in total. The zero-order chi connectivity index (χ0) is 11.6. The second kappa shape index (κ2) is 9.18. The molecule has 92 valence electrons. The molecule has 0 radical (unpaired) electrons. The van der Waals surface area contributed by atoms with Crippen molar-refractivity contribution in [1.29, 1.82) is 0 Å². The summed E-state index contributed by atoms with van der Waals surface area (Å²) in [5.41, 5.74) is 0. The van der Waals surface area contributed by atoms with E-state index in [0.29, 0.717) is 0 Å². The fraction of sp³-hybridized carbons (Fsp3) is 0. The molecule has 0 saturated heterocycles. The van der Waals surface area contributed by atoms with Crippen molar-refractivity contribution in [2.45, 2.75) is 0 Å². The Morgan fingerprint density at radius 3 is 1.47 bits per heavy atom. The Hall–Kier alpha value is -2.07. The minimum absolute atomic E-state index is 0. The average molecular weight is 255 g/mol. The number of hydrogen-bond acceptors (Lipinski definition) is 4. The maximum atomic E-state index is 8.74. The maximum Gasteiger partial charge on any atom is 0.188 e. The minimum Gasteiger partial charge on any atom is -0.495 e. The van der Waals surface area contributed by atoms with E-state index < -0.39 is 0 Å². The first kappa shape index (κ1) is 14.9. The van der Waals surface area contributed by atoms with E-state index in [2.05, 4.69) is 10.6 Å². The van der Waals surface area contributed by atoms with Crippen molar-refractivity contribution >= 4 is 12.4 Å². The van der Waals surface area contributed by atoms with Crippen LogP contribution < -0.4 is 10.6 Å². The third-order valence-corrected chi connectivity index (χ3v) is 1.61. The van der Waals surface area contributed by atoms with Crippen LogP contribution >= 0.6 is 12.4 Å². The molecule has 2 rings (SSSR count). The molecule has 2 aliphatic rings. The van der Waals surface area contributed by atoms with E-state index >= 15 is 0 Å². The number of rotatable bonds is 0. The van der Waals surface area contributed by atoms with Crippen LogP contribution in [-0.4, -0.2) is 10.2 Å². The van der Waals surface area contributed by atoms with E-state index in [9.17, 15) is 0 Å². The Kier molecular flexibility index (Phi) is 8.06. The lowest BCUT2D eigenvalue weighted by molar-refractivity contribution is 0.382. The van der Waals surface area contributed by atoms with Gasteiger partial charge in [-0.3, -0.25) is 0 Å². The Labute approximate surface area is 106 Å². The van der Waals surface area contributed by atoms with Crippen LogP contribution in [0.4, 0.5) is 0 Å². The van der Waals surface area contributed by atoms with Gasteiger partial charge >= 0.3 is 0 Å². The lowest BCUT2D eigenvalue weighted by atomic mass is 10.5. The molecule has 0 amide bonds. The predicted octanol–water partition coefficient (Wildman–Crippen LogP) is 2.54. The van der Waals surface area contributed by atoms with Gasteiger partial charge in [0, 0.05) is 12.4 Å². The normalized spacial score (nSPS) is 15.8. The molecule has 0 aromatic carbocycles. The van der Waals surface area contributed by atoms with Crippen LogP contribution in [0.1, 0.15) is 0 Å². The summed E-state index contributed by atoms with van der Waals surface area (Å²) in [6.07, 6.45) is 17.3. The third kappa shape index (κ3) is 7.81. The molecule has 0 aliphatic carbocycles. The zero-order valence-corrected chi connectivity index (χ0v) is 9.89. The topological polar surface area (TPSA) is 64.5 Å². The molecule has 0 fully saturated rings. The first-order valence-electron chi connectivity index (χ1n) is 4.77. The quantitative estimate of drug-likeness (QED) is 0.536. The summed E-state index contributed by atoms with van der Waals surface area (Å²) in [5.74, 6) is 0.352. The van der Waals surface area contributed by atoms with Gasteiger partial charge in [0.1, 0.15) is 0 Å². The average Bonchev–Trinajstić information content (AvgIpc) is 2.64. The predicted molar refractivity (Wildman–Crippen MR) is 71.5 cm³/mol. The first-order valence-corrected chi connectivity index (χ1v) is 4.77. The molecule has 17 heavy (non-hydrogen) atoms. The van der Waals surface area contributed by atoms with E-state index in [1.54, 1.807) is 48.9 Å². The van der Waals surface area contributed by atoms with Gasteiger partial charge in [-0.05, 0) is 24.3 Å². The van der Waals surface area contributed by atoms with Crippen molar-refractivity contribution in [3.8, 4) is 0 Å². The SMILES string of the molecule is Cl.OC1=CC=CC=CN1.OC1=CC=CC=CN1. The molecule has 0 spiro atoms. The van der Waals surface area contributed by atoms with E-state index in [4.69, 9.17) is 10.2 Å². The second-order valence-electron chi connectivity index (χ2n) is 2.88. The molecule has 4 nitrogen and oxygen atoms in total. The number of aliphatic hydroxyl groups is 2. The van der Waals surface area contributed by atoms with Crippen LogP contribution in [0.2, 0.25) is 0 Å². The van der Waals surface area contributed by atoms with Crippen molar-refractivity contribution in [3.63, 3.8) is 0 Å². The van der Waals surface area contributed by atoms with Crippen molar-refractivity contribution in [2.75, 3.05) is 0 Å². The van der Waals surface area contributed by atoms with Gasteiger partial charge in [0.25, 0.3) is 0 Å². The van der Waals surface area contributed by atoms with Crippen molar-refractivity contribution in [3.05, 3.63) is 72.8 Å². The summed E-state index contributed by atoms with van der Waals surface area (Å²) in [6.45, 7) is 0. The van der Waals surface area contributed by atoms with Gasteiger partial charge in [-0.15, -0.1) is 12.4 Å². The second-order valence-corrected chi connectivity index (χ2v) is 2.88. The van der Waals surface area contributed by atoms with Crippen molar-refractivity contribution in [1.82, 2.24) is 10.6 Å². The first-order chi connectivity index (χ1) is 7.79. The lowest BCUT2D eigenvalue weighted by Gasteiger charge is -1.91. The van der Waals surface area contributed by atoms with Gasteiger partial charge in [0.2, 0.25) is 0 Å². The summed E-state index contributed by atoms with van der Waals surface area (Å²) in [7, 11) is 0. The van der Waals surface area contributed by atoms with E-state index in [-0.39, 0.29) is 24.2 Å². The highest BCUT2D eigenvalue weighted by molar-refractivity contribution is 5.85. The van der Waals surface area contributed by atoms with Crippen LogP contribution in [0.15, 0.2) is 72.8 Å². The van der Waals surface area contributed by atoms with Gasteiger partial charge in [-0.1, -0.05) is 24.3 Å². The molecule has 2 heterocycles. The monoisotopic (exact) mass is 254 g/mol. The molecule has 0 unspecified atom stereocenters. The standard InChI is InChI=1S/2C6H7NO.ClH/c2*8-6-4-2-1-3-5-7-6;/h2*1-5,7-8H;1H. The van der Waals surface area contributed by atoms with Gasteiger partial charge < -0.3 is 20.8 Å². The van der Waals surface area contributed by atoms with Crippen molar-refractivity contribution < 1.29 is 10.2 Å². The van der Waals surface area contributed by atoms with Crippen LogP contribution in [0.3, 0.4) is 0 Å². The molecule has 0 bridgehead atoms. The summed E-state index contributed by atoms with van der Waals surface area (Å²) >= 11 is 0. The summed E-state index contributed by atoms with van der Waals surface area (Å²) in [6, 6.07) is 0. The smallest absolute Gasteiger partial charge is 0.188 e. The van der Waals surface area contributed by atoms with Gasteiger partial charge in [0.05, 0.1) is 0 Å². The Balaban J connectivity index is 0.000000284. The van der Waals surface area contributed by atoms with Crippen LogP contribution in [0.5, 0.6) is 0 Å². The fourth-order valence-electron chi connectivity index (χ4n) is 0.896. The van der Waals surface area contributed by atoms with Crippen LogP contribution in [0, 0.1) is 0 Å². The van der Waals surface area contributed by atoms with Crippen LogP contribution in [-0.2, 0) is 0 Å². The zero-order valence-electron chi connectivity index (χ0n) is 9.08. The fourth-order valence-corrected chi connectivity index (χ4v) is 0.896. The van der Waals surface area contributed by atoms with E-state index in [1.165, 1.54) is 0 Å². The van der Waals surface area contributed by atoms with E-state index in [1.807, 2.05) is 12.2 Å². The number of halogens is 1. The molecule has 0 atom stereocenters. The highest BCUT2D eigenvalue weighted by Gasteiger charge is 1.84. The van der Waals surface area contributed by atoms with Gasteiger partial charge in [-0.2, -0.15) is 0 Å². The maximum absolute atomic E-state index is 8.74. The Morgan fingerprint density at radius 1 is 0.647 bits per heavy atom. The molecule has 0 aromatic heterocycles. The summed E-state index contributed by atoms with van der Waals surface area (Å²) in [5, 5.41) is 22.7. The largest absolute Gasteiger partial charge is 0.495 e. The van der Waals surface area contributed by atoms with E-state index in [0.717, 1.165) is 0 Å². The van der Waals surface area contributed by atoms with Gasteiger partial charge in [-0.25, -0.2) is 0 Å². The molecule has 5 heteroatoms. The lowest BCUT2D eigenvalue weighted by Crippen LogP contribution is -2.01. The molecular formula is C12H15ClN2O2. The Morgan fingerprint density at radius 2 is 1.06 bits per heavy atom. The molecule has 0 aromatic rings. The van der Waals surface area contributed by atoms with Crippen molar-refractivity contribution in [2.24, 2.45) is 0 Å². The van der Waals surface area contributed by atoms with Crippen LogP contribution in [0.25, 0.3) is 0 Å². The summed E-state index contributed by atoms with van der Waals surface area (Å²) in [4.78, 5) is 0. The molecule has 0 saturated carbocycles. The molecule has 2 aliphatic heterocycles. The summed E-state index contributed by atoms with van der Waals surface area (Å²) < 4.78 is 0. The minimum atomic E-state index is 0. The Bertz CT molecular complexity index is 355. The number of hydrogen-bond donors (Lipinski definition) is 4. The molecular weight excluding hydrogens is 240 g/mol. The number of aliphatic hydroxyl groups excluding tert-OH is 2. The van der Waals surface area contributed by atoms with Gasteiger partial charge in [0.15, 0.2) is 11.8 Å². The number of allylic oxidation sites excluding steroid dienone is 8.